The van der Waals surface area contributed by atoms with Gasteiger partial charge in [0.25, 0.3) is 0 Å². The molecule has 0 bridgehead atoms. The molecule has 3 heteroatoms. The molecule has 0 aliphatic rings. The summed E-state index contributed by atoms with van der Waals surface area (Å²) in [6.07, 6.45) is 0. The van der Waals surface area contributed by atoms with Crippen molar-refractivity contribution in [3.8, 4) is 0 Å². The van der Waals surface area contributed by atoms with Crippen LogP contribution in [0.4, 0.5) is 5.69 Å². The second kappa shape index (κ2) is 5.89. The first-order valence-electron chi connectivity index (χ1n) is 5.91. The van der Waals surface area contributed by atoms with Gasteiger partial charge in [-0.25, -0.2) is 0 Å². The lowest BCUT2D eigenvalue weighted by atomic mass is 10.1. The number of nitrogen functional groups attached to an aromatic ring is 1. The number of benzene rings is 2. The SMILES string of the molecule is CN(Cc1ccccc1)Cc1ccc(N)c(Cl)c1. The van der Waals surface area contributed by atoms with E-state index in [0.29, 0.717) is 10.7 Å². The van der Waals surface area contributed by atoms with E-state index in [1.807, 2.05) is 24.3 Å². The summed E-state index contributed by atoms with van der Waals surface area (Å²) in [5.74, 6) is 0. The third-order valence-corrected chi connectivity index (χ3v) is 3.14. The van der Waals surface area contributed by atoms with Gasteiger partial charge in [-0.15, -0.1) is 0 Å². The van der Waals surface area contributed by atoms with Crippen molar-refractivity contribution < 1.29 is 0 Å². The van der Waals surface area contributed by atoms with Gasteiger partial charge in [0, 0.05) is 13.1 Å². The molecule has 0 amide bonds. The number of hydrogen-bond donors (Lipinski definition) is 1. The second-order valence-electron chi connectivity index (χ2n) is 4.51. The number of nitrogens with zero attached hydrogens (tertiary/aromatic N) is 1. The minimum Gasteiger partial charge on any atom is -0.398 e. The Bertz CT molecular complexity index is 511. The summed E-state index contributed by atoms with van der Waals surface area (Å²) in [6.45, 7) is 1.78. The summed E-state index contributed by atoms with van der Waals surface area (Å²) >= 11 is 6.01. The normalized spacial score (nSPS) is 10.8. The molecule has 0 atom stereocenters. The fraction of sp³-hybridized carbons (Fsp3) is 0.200. The molecule has 0 spiro atoms. The maximum atomic E-state index is 6.01. The standard InChI is InChI=1S/C15H17ClN2/c1-18(10-12-5-3-2-4-6-12)11-13-7-8-15(17)14(16)9-13/h2-9H,10-11,17H2,1H3. The highest BCUT2D eigenvalue weighted by Crippen LogP contribution is 2.20. The topological polar surface area (TPSA) is 29.3 Å². The van der Waals surface area contributed by atoms with Crippen molar-refractivity contribution in [2.45, 2.75) is 13.1 Å². The molecule has 0 heterocycles. The Balaban J connectivity index is 1.99. The van der Waals surface area contributed by atoms with Crippen LogP contribution < -0.4 is 5.73 Å². The smallest absolute Gasteiger partial charge is 0.0638 e. The minimum atomic E-state index is 0.626. The maximum absolute atomic E-state index is 6.01. The summed E-state index contributed by atoms with van der Waals surface area (Å²) in [6, 6.07) is 16.2. The fourth-order valence-electron chi connectivity index (χ4n) is 1.93. The van der Waals surface area contributed by atoms with Crippen LogP contribution in [0.3, 0.4) is 0 Å². The molecule has 0 saturated carbocycles. The van der Waals surface area contributed by atoms with Crippen molar-refractivity contribution in [3.05, 3.63) is 64.7 Å². The van der Waals surface area contributed by atoms with Crippen molar-refractivity contribution in [2.75, 3.05) is 12.8 Å². The molecule has 0 aliphatic carbocycles. The first kappa shape index (κ1) is 12.9. The van der Waals surface area contributed by atoms with Crippen molar-refractivity contribution in [1.29, 1.82) is 0 Å². The molecular formula is C15H17ClN2. The number of halogens is 1. The molecule has 2 aromatic rings. The lowest BCUT2D eigenvalue weighted by Gasteiger charge is -2.17. The summed E-state index contributed by atoms with van der Waals surface area (Å²) in [5, 5.41) is 0.626. The van der Waals surface area contributed by atoms with E-state index in [1.165, 1.54) is 11.1 Å². The Morgan fingerprint density at radius 1 is 1.00 bits per heavy atom. The van der Waals surface area contributed by atoms with Gasteiger partial charge in [-0.1, -0.05) is 48.0 Å². The Morgan fingerprint density at radius 2 is 1.67 bits per heavy atom. The monoisotopic (exact) mass is 260 g/mol. The van der Waals surface area contributed by atoms with Crippen molar-refractivity contribution in [2.24, 2.45) is 0 Å². The second-order valence-corrected chi connectivity index (χ2v) is 4.92. The molecule has 0 aliphatic heterocycles. The van der Waals surface area contributed by atoms with E-state index in [0.717, 1.165) is 13.1 Å². The van der Waals surface area contributed by atoms with Gasteiger partial charge < -0.3 is 5.73 Å². The van der Waals surface area contributed by atoms with Gasteiger partial charge >= 0.3 is 0 Å². The van der Waals surface area contributed by atoms with Crippen LogP contribution in [0.25, 0.3) is 0 Å². The third kappa shape index (κ3) is 3.49. The van der Waals surface area contributed by atoms with E-state index in [9.17, 15) is 0 Å². The summed E-state index contributed by atoms with van der Waals surface area (Å²) in [5.41, 5.74) is 8.81. The molecule has 2 nitrogen and oxygen atoms in total. The highest BCUT2D eigenvalue weighted by Gasteiger charge is 2.03. The summed E-state index contributed by atoms with van der Waals surface area (Å²) < 4.78 is 0. The first-order valence-corrected chi connectivity index (χ1v) is 6.29. The fourth-order valence-corrected chi connectivity index (χ4v) is 2.13. The van der Waals surface area contributed by atoms with Crippen LogP contribution in [-0.2, 0) is 13.1 Å². The Hall–Kier alpha value is -1.51. The molecule has 0 saturated heterocycles. The van der Waals surface area contributed by atoms with Crippen LogP contribution in [0, 0.1) is 0 Å². The number of rotatable bonds is 4. The maximum Gasteiger partial charge on any atom is 0.0638 e. The lowest BCUT2D eigenvalue weighted by molar-refractivity contribution is 0.319. The van der Waals surface area contributed by atoms with Gasteiger partial charge in [0.15, 0.2) is 0 Å². The van der Waals surface area contributed by atoms with Crippen LogP contribution in [-0.4, -0.2) is 11.9 Å². The zero-order valence-electron chi connectivity index (χ0n) is 10.4. The predicted octanol–water partition coefficient (Wildman–Crippen LogP) is 3.55. The first-order chi connectivity index (χ1) is 8.65. The van der Waals surface area contributed by atoms with Gasteiger partial charge in [-0.2, -0.15) is 0 Å². The molecule has 18 heavy (non-hydrogen) atoms. The largest absolute Gasteiger partial charge is 0.398 e. The van der Waals surface area contributed by atoms with Crippen LogP contribution in [0.5, 0.6) is 0 Å². The van der Waals surface area contributed by atoms with Gasteiger partial charge in [0.2, 0.25) is 0 Å². The van der Waals surface area contributed by atoms with E-state index < -0.39 is 0 Å². The Labute approximate surface area is 113 Å². The molecule has 0 radical (unpaired) electrons. The van der Waals surface area contributed by atoms with E-state index in [-0.39, 0.29) is 0 Å². The van der Waals surface area contributed by atoms with E-state index in [4.69, 9.17) is 17.3 Å². The quantitative estimate of drug-likeness (QED) is 0.852. The third-order valence-electron chi connectivity index (χ3n) is 2.81. The van der Waals surface area contributed by atoms with Crippen molar-refractivity contribution in [3.63, 3.8) is 0 Å². The van der Waals surface area contributed by atoms with Crippen LogP contribution in [0.2, 0.25) is 5.02 Å². The molecule has 2 N–H and O–H groups in total. The zero-order chi connectivity index (χ0) is 13.0. The van der Waals surface area contributed by atoms with Crippen LogP contribution in [0.1, 0.15) is 11.1 Å². The number of nitrogens with two attached hydrogens (primary N) is 1. The molecule has 2 rings (SSSR count). The highest BCUT2D eigenvalue weighted by molar-refractivity contribution is 6.33. The highest BCUT2D eigenvalue weighted by atomic mass is 35.5. The van der Waals surface area contributed by atoms with E-state index in [1.54, 1.807) is 0 Å². The van der Waals surface area contributed by atoms with Gasteiger partial charge in [0.1, 0.15) is 0 Å². The van der Waals surface area contributed by atoms with Crippen LogP contribution in [0.15, 0.2) is 48.5 Å². The van der Waals surface area contributed by atoms with Gasteiger partial charge in [-0.05, 0) is 30.3 Å². The van der Waals surface area contributed by atoms with Gasteiger partial charge in [-0.3, -0.25) is 4.90 Å². The number of hydrogen-bond acceptors (Lipinski definition) is 2. The lowest BCUT2D eigenvalue weighted by Crippen LogP contribution is -2.17. The summed E-state index contributed by atoms with van der Waals surface area (Å²) in [4.78, 5) is 2.25. The Kier molecular flexibility index (Phi) is 4.24. The molecule has 0 aromatic heterocycles. The Morgan fingerprint density at radius 3 is 2.33 bits per heavy atom. The van der Waals surface area contributed by atoms with Crippen molar-refractivity contribution in [1.82, 2.24) is 4.90 Å². The predicted molar refractivity (Wildman–Crippen MR) is 77.5 cm³/mol. The molecule has 0 fully saturated rings. The van der Waals surface area contributed by atoms with E-state index >= 15 is 0 Å². The van der Waals surface area contributed by atoms with E-state index in [2.05, 4.69) is 36.2 Å². The average molecular weight is 261 g/mol. The van der Waals surface area contributed by atoms with Crippen LogP contribution >= 0.6 is 11.6 Å². The summed E-state index contributed by atoms with van der Waals surface area (Å²) in [7, 11) is 2.09. The molecule has 94 valence electrons. The average Bonchev–Trinajstić information content (AvgIpc) is 2.35. The molecule has 0 unspecified atom stereocenters. The van der Waals surface area contributed by atoms with Gasteiger partial charge in [0.05, 0.1) is 10.7 Å². The van der Waals surface area contributed by atoms with Crippen molar-refractivity contribution >= 4 is 17.3 Å². The zero-order valence-corrected chi connectivity index (χ0v) is 11.2. The number of anilines is 1. The minimum absolute atomic E-state index is 0.626. The molecular weight excluding hydrogens is 244 g/mol. The molecule has 2 aromatic carbocycles.